The monoisotopic (exact) mass is 158 g/mol. The molecule has 2 aliphatic heterocycles. The Balaban J connectivity index is 1.91. The van der Waals surface area contributed by atoms with Crippen molar-refractivity contribution in [1.29, 1.82) is 0 Å². The molecular weight excluding hydrogens is 144 g/mol. The number of hydrogen-bond donors (Lipinski definition) is 0. The molecule has 1 nitrogen and oxygen atoms in total. The summed E-state index contributed by atoms with van der Waals surface area (Å²) in [6.45, 7) is 1.05. The van der Waals surface area contributed by atoms with Gasteiger partial charge in [0.15, 0.2) is 0 Å². The maximum Gasteiger partial charge on any atom is 0.0586 e. The Morgan fingerprint density at radius 1 is 1.20 bits per heavy atom. The first-order chi connectivity index (χ1) is 4.95. The van der Waals surface area contributed by atoms with E-state index in [9.17, 15) is 0 Å². The lowest BCUT2D eigenvalue weighted by Crippen LogP contribution is -2.09. The molecule has 0 radical (unpaired) electrons. The second-order valence-electron chi connectivity index (χ2n) is 3.25. The van der Waals surface area contributed by atoms with Gasteiger partial charge in [0.25, 0.3) is 0 Å². The van der Waals surface area contributed by atoms with Crippen LogP contribution in [0.5, 0.6) is 0 Å². The van der Waals surface area contributed by atoms with E-state index in [0.29, 0.717) is 6.10 Å². The Morgan fingerprint density at radius 2 is 2.10 bits per heavy atom. The summed E-state index contributed by atoms with van der Waals surface area (Å²) in [7, 11) is 0. The highest BCUT2D eigenvalue weighted by Gasteiger charge is 2.26. The molecule has 0 amide bonds. The summed E-state index contributed by atoms with van der Waals surface area (Å²) in [6.07, 6.45) is 4.65. The summed E-state index contributed by atoms with van der Waals surface area (Å²) in [6, 6.07) is 0. The summed E-state index contributed by atoms with van der Waals surface area (Å²) in [5, 5.41) is 0. The first-order valence-corrected chi connectivity index (χ1v) is 5.30. The van der Waals surface area contributed by atoms with Crippen LogP contribution >= 0.6 is 11.8 Å². The van der Waals surface area contributed by atoms with Gasteiger partial charge in [-0.2, -0.15) is 11.8 Å². The van der Waals surface area contributed by atoms with Crippen molar-refractivity contribution in [2.24, 2.45) is 5.92 Å². The predicted octanol–water partition coefficient (Wildman–Crippen LogP) is 1.92. The van der Waals surface area contributed by atoms with Gasteiger partial charge >= 0.3 is 0 Å². The average Bonchev–Trinajstić information content (AvgIpc) is 2.30. The molecule has 2 fully saturated rings. The Bertz CT molecular complexity index is 104. The molecule has 2 rings (SSSR count). The lowest BCUT2D eigenvalue weighted by Gasteiger charge is -2.12. The zero-order valence-corrected chi connectivity index (χ0v) is 7.03. The summed E-state index contributed by atoms with van der Waals surface area (Å²) >= 11 is 2.10. The summed E-state index contributed by atoms with van der Waals surface area (Å²) in [5.41, 5.74) is 0. The van der Waals surface area contributed by atoms with Gasteiger partial charge in [0.05, 0.1) is 6.10 Å². The number of hydrogen-bond acceptors (Lipinski definition) is 2. The van der Waals surface area contributed by atoms with Gasteiger partial charge in [0.2, 0.25) is 0 Å². The molecule has 2 bridgehead atoms. The van der Waals surface area contributed by atoms with Gasteiger partial charge in [0, 0.05) is 6.61 Å². The van der Waals surface area contributed by atoms with Crippen LogP contribution in [0, 0.1) is 5.92 Å². The molecule has 0 N–H and O–H groups in total. The SMILES string of the molecule is C1CC2COC(CCS1)C2. The number of fused-ring (bicyclic) bond motifs is 2. The van der Waals surface area contributed by atoms with E-state index in [1.165, 1.54) is 30.8 Å². The Hall–Kier alpha value is 0.310. The quantitative estimate of drug-likeness (QED) is 0.532. The molecule has 58 valence electrons. The van der Waals surface area contributed by atoms with Crippen LogP contribution in [0.4, 0.5) is 0 Å². The average molecular weight is 158 g/mol. The van der Waals surface area contributed by atoms with Crippen LogP contribution in [0.2, 0.25) is 0 Å². The van der Waals surface area contributed by atoms with E-state index < -0.39 is 0 Å². The molecule has 0 saturated carbocycles. The third-order valence-corrected chi connectivity index (χ3v) is 3.47. The van der Waals surface area contributed by atoms with E-state index in [4.69, 9.17) is 4.74 Å². The number of ether oxygens (including phenoxy) is 1. The Kier molecular flexibility index (Phi) is 2.19. The van der Waals surface area contributed by atoms with Crippen LogP contribution in [0.3, 0.4) is 0 Å². The van der Waals surface area contributed by atoms with Crippen molar-refractivity contribution in [3.05, 3.63) is 0 Å². The molecule has 0 aromatic carbocycles. The molecule has 2 heterocycles. The third-order valence-electron chi connectivity index (χ3n) is 2.42. The fourth-order valence-electron chi connectivity index (χ4n) is 1.75. The van der Waals surface area contributed by atoms with Gasteiger partial charge in [0.1, 0.15) is 0 Å². The lowest BCUT2D eigenvalue weighted by molar-refractivity contribution is 0.105. The molecule has 0 aromatic rings. The van der Waals surface area contributed by atoms with Crippen molar-refractivity contribution < 1.29 is 4.74 Å². The van der Waals surface area contributed by atoms with Crippen molar-refractivity contribution in [1.82, 2.24) is 0 Å². The highest BCUT2D eigenvalue weighted by atomic mass is 32.2. The summed E-state index contributed by atoms with van der Waals surface area (Å²) in [5.74, 6) is 3.58. The standard InChI is InChI=1S/C8H14OS/c1-3-10-4-2-8-5-7(1)6-9-8/h7-8H,1-6H2. The molecule has 2 aliphatic rings. The van der Waals surface area contributed by atoms with E-state index in [1.807, 2.05) is 0 Å². The van der Waals surface area contributed by atoms with Gasteiger partial charge < -0.3 is 4.74 Å². The maximum absolute atomic E-state index is 5.62. The fraction of sp³-hybridized carbons (Fsp3) is 1.00. The van der Waals surface area contributed by atoms with Crippen molar-refractivity contribution in [2.75, 3.05) is 18.1 Å². The first kappa shape index (κ1) is 6.99. The van der Waals surface area contributed by atoms with Gasteiger partial charge in [-0.1, -0.05) is 0 Å². The van der Waals surface area contributed by atoms with Crippen LogP contribution in [-0.4, -0.2) is 24.2 Å². The van der Waals surface area contributed by atoms with Crippen LogP contribution < -0.4 is 0 Å². The Labute approximate surface area is 66.5 Å². The lowest BCUT2D eigenvalue weighted by atomic mass is 10.0. The third kappa shape index (κ3) is 1.48. The van der Waals surface area contributed by atoms with Crippen LogP contribution in [0.25, 0.3) is 0 Å². The van der Waals surface area contributed by atoms with Crippen LogP contribution in [0.15, 0.2) is 0 Å². The molecule has 0 spiro atoms. The van der Waals surface area contributed by atoms with Crippen LogP contribution in [0.1, 0.15) is 19.3 Å². The van der Waals surface area contributed by atoms with Crippen molar-refractivity contribution >= 4 is 11.8 Å². The predicted molar refractivity (Wildman–Crippen MR) is 44.4 cm³/mol. The molecule has 2 saturated heterocycles. The molecule has 2 atom stereocenters. The van der Waals surface area contributed by atoms with Gasteiger partial charge in [-0.25, -0.2) is 0 Å². The molecule has 2 unspecified atom stereocenters. The highest BCUT2D eigenvalue weighted by molar-refractivity contribution is 7.99. The topological polar surface area (TPSA) is 9.23 Å². The van der Waals surface area contributed by atoms with Crippen molar-refractivity contribution in [3.8, 4) is 0 Å². The second kappa shape index (κ2) is 3.14. The normalized spacial score (nSPS) is 40.8. The zero-order valence-electron chi connectivity index (χ0n) is 6.21. The van der Waals surface area contributed by atoms with Crippen molar-refractivity contribution in [3.63, 3.8) is 0 Å². The van der Waals surface area contributed by atoms with E-state index in [-0.39, 0.29) is 0 Å². The minimum Gasteiger partial charge on any atom is -0.378 e. The fourth-order valence-corrected chi connectivity index (χ4v) is 2.88. The summed E-state index contributed by atoms with van der Waals surface area (Å²) in [4.78, 5) is 0. The van der Waals surface area contributed by atoms with Gasteiger partial charge in [-0.05, 0) is 36.7 Å². The van der Waals surface area contributed by atoms with E-state index in [2.05, 4.69) is 11.8 Å². The van der Waals surface area contributed by atoms with E-state index in [1.54, 1.807) is 0 Å². The molecular formula is C8H14OS. The highest BCUT2D eigenvalue weighted by Crippen LogP contribution is 2.29. The smallest absolute Gasteiger partial charge is 0.0586 e. The number of thioether (sulfide) groups is 1. The summed E-state index contributed by atoms with van der Waals surface area (Å²) < 4.78 is 5.62. The van der Waals surface area contributed by atoms with E-state index in [0.717, 1.165) is 12.5 Å². The molecule has 10 heavy (non-hydrogen) atoms. The maximum atomic E-state index is 5.62. The number of rotatable bonds is 0. The van der Waals surface area contributed by atoms with Gasteiger partial charge in [-0.3, -0.25) is 0 Å². The van der Waals surface area contributed by atoms with Crippen molar-refractivity contribution in [2.45, 2.75) is 25.4 Å². The first-order valence-electron chi connectivity index (χ1n) is 4.14. The van der Waals surface area contributed by atoms with Gasteiger partial charge in [-0.15, -0.1) is 0 Å². The second-order valence-corrected chi connectivity index (χ2v) is 4.47. The molecule has 0 aromatic heterocycles. The van der Waals surface area contributed by atoms with E-state index >= 15 is 0 Å². The van der Waals surface area contributed by atoms with Crippen LogP contribution in [-0.2, 0) is 4.74 Å². The minimum atomic E-state index is 0.623. The molecule has 0 aliphatic carbocycles. The Morgan fingerprint density at radius 3 is 3.10 bits per heavy atom. The largest absolute Gasteiger partial charge is 0.378 e. The zero-order chi connectivity index (χ0) is 6.81. The molecule has 2 heteroatoms. The minimum absolute atomic E-state index is 0.623.